The largest absolute Gasteiger partial charge is 0.468 e. The van der Waals surface area contributed by atoms with E-state index in [2.05, 4.69) is 25.6 Å². The molecule has 0 bridgehead atoms. The number of rotatable bonds is 5. The topological polar surface area (TPSA) is 93.2 Å². The van der Waals surface area contributed by atoms with Gasteiger partial charge in [-0.2, -0.15) is 0 Å². The second-order valence-corrected chi connectivity index (χ2v) is 6.46. The number of amides is 2. The number of nitrogens with one attached hydrogen (secondary N) is 2. The first kappa shape index (κ1) is 16.5. The molecule has 22 heavy (non-hydrogen) atoms. The molecule has 0 aliphatic carbocycles. The summed E-state index contributed by atoms with van der Waals surface area (Å²) in [5.41, 5.74) is 0.603. The summed E-state index contributed by atoms with van der Waals surface area (Å²) in [6.45, 7) is 0. The van der Waals surface area contributed by atoms with Crippen molar-refractivity contribution in [2.24, 2.45) is 0 Å². The van der Waals surface area contributed by atoms with Gasteiger partial charge in [0.1, 0.15) is 0 Å². The van der Waals surface area contributed by atoms with Crippen LogP contribution >= 0.6 is 34.7 Å². The minimum atomic E-state index is -0.442. The number of anilines is 2. The predicted octanol–water partition coefficient (Wildman–Crippen LogP) is 3.10. The lowest BCUT2D eigenvalue weighted by Crippen LogP contribution is -2.19. The molecule has 0 aliphatic heterocycles. The minimum Gasteiger partial charge on any atom is -0.468 e. The average Bonchev–Trinajstić information content (AvgIpc) is 2.94. The lowest BCUT2D eigenvalue weighted by molar-refractivity contribution is -0.137. The number of carbonyl (C=O) groups is 2. The molecule has 0 radical (unpaired) electrons. The maximum atomic E-state index is 11.8. The lowest BCUT2D eigenvalue weighted by atomic mass is 10.3. The number of carbonyl (C=O) groups excluding carboxylic acids is 2. The Labute approximate surface area is 139 Å². The SMILES string of the molecule is COC(=O)CSc1nnc(NC(=O)Nc2ccc(Cl)cc2)s1. The molecule has 2 rings (SSSR count). The van der Waals surface area contributed by atoms with Crippen molar-refractivity contribution < 1.29 is 14.3 Å². The van der Waals surface area contributed by atoms with Crippen LogP contribution in [0.1, 0.15) is 0 Å². The third-order valence-electron chi connectivity index (χ3n) is 2.27. The van der Waals surface area contributed by atoms with Gasteiger partial charge in [-0.1, -0.05) is 34.7 Å². The third-order valence-corrected chi connectivity index (χ3v) is 4.47. The number of nitrogens with zero attached hydrogens (tertiary/aromatic N) is 2. The highest BCUT2D eigenvalue weighted by Gasteiger charge is 2.10. The van der Waals surface area contributed by atoms with Crippen LogP contribution in [0.2, 0.25) is 5.02 Å². The van der Waals surface area contributed by atoms with E-state index in [-0.39, 0.29) is 11.7 Å². The molecule has 2 amide bonds. The van der Waals surface area contributed by atoms with E-state index in [4.69, 9.17) is 11.6 Å². The summed E-state index contributed by atoms with van der Waals surface area (Å²) in [7, 11) is 1.32. The summed E-state index contributed by atoms with van der Waals surface area (Å²) >= 11 is 8.12. The second-order valence-electron chi connectivity index (χ2n) is 3.82. The lowest BCUT2D eigenvalue weighted by Gasteiger charge is -2.04. The number of halogens is 1. The molecule has 0 aliphatic rings. The van der Waals surface area contributed by atoms with Gasteiger partial charge in [-0.3, -0.25) is 10.1 Å². The van der Waals surface area contributed by atoms with Gasteiger partial charge in [0.2, 0.25) is 5.13 Å². The summed E-state index contributed by atoms with van der Waals surface area (Å²) in [6, 6.07) is 6.26. The molecule has 0 unspecified atom stereocenters. The van der Waals surface area contributed by atoms with Crippen LogP contribution in [0.25, 0.3) is 0 Å². The molecule has 0 spiro atoms. The first-order valence-electron chi connectivity index (χ1n) is 5.93. The summed E-state index contributed by atoms with van der Waals surface area (Å²) < 4.78 is 5.09. The summed E-state index contributed by atoms with van der Waals surface area (Å²) in [5, 5.41) is 13.8. The molecular formula is C12H11ClN4O3S2. The van der Waals surface area contributed by atoms with Crippen LogP contribution in [-0.2, 0) is 9.53 Å². The number of hydrogen-bond donors (Lipinski definition) is 2. The minimum absolute atomic E-state index is 0.141. The van der Waals surface area contributed by atoms with Crippen LogP contribution in [0, 0.1) is 0 Å². The van der Waals surface area contributed by atoms with Crippen LogP contribution in [0.5, 0.6) is 0 Å². The van der Waals surface area contributed by atoms with Crippen molar-refractivity contribution in [1.82, 2.24) is 10.2 Å². The van der Waals surface area contributed by atoms with Crippen LogP contribution in [0.15, 0.2) is 28.6 Å². The maximum absolute atomic E-state index is 11.8. The Morgan fingerprint density at radius 2 is 2.00 bits per heavy atom. The Hall–Kier alpha value is -1.84. The van der Waals surface area contributed by atoms with Crippen molar-refractivity contribution in [2.75, 3.05) is 23.5 Å². The highest BCUT2D eigenvalue weighted by atomic mass is 35.5. The molecule has 116 valence electrons. The van der Waals surface area contributed by atoms with E-state index in [0.29, 0.717) is 20.2 Å². The Morgan fingerprint density at radius 1 is 1.27 bits per heavy atom. The van der Waals surface area contributed by atoms with E-state index < -0.39 is 6.03 Å². The van der Waals surface area contributed by atoms with Gasteiger partial charge in [-0.25, -0.2) is 4.79 Å². The quantitative estimate of drug-likeness (QED) is 0.484. The van der Waals surface area contributed by atoms with Crippen molar-refractivity contribution in [1.29, 1.82) is 0 Å². The fraction of sp³-hybridized carbons (Fsp3) is 0.167. The van der Waals surface area contributed by atoms with Gasteiger partial charge in [0.05, 0.1) is 12.9 Å². The molecule has 0 atom stereocenters. The van der Waals surface area contributed by atoms with Crippen molar-refractivity contribution in [3.05, 3.63) is 29.3 Å². The van der Waals surface area contributed by atoms with Crippen molar-refractivity contribution >= 4 is 57.5 Å². The Bertz CT molecular complexity index is 663. The number of ether oxygens (including phenoxy) is 1. The van der Waals surface area contributed by atoms with E-state index in [1.54, 1.807) is 24.3 Å². The fourth-order valence-electron chi connectivity index (χ4n) is 1.29. The average molecular weight is 359 g/mol. The van der Waals surface area contributed by atoms with Gasteiger partial charge in [-0.15, -0.1) is 10.2 Å². The molecule has 1 heterocycles. The van der Waals surface area contributed by atoms with Crippen LogP contribution < -0.4 is 10.6 Å². The number of hydrogen-bond acceptors (Lipinski definition) is 7. The maximum Gasteiger partial charge on any atom is 0.325 e. The number of urea groups is 1. The monoisotopic (exact) mass is 358 g/mol. The van der Waals surface area contributed by atoms with Gasteiger partial charge in [0.25, 0.3) is 0 Å². The van der Waals surface area contributed by atoms with Crippen LogP contribution in [0.4, 0.5) is 15.6 Å². The second kappa shape index (κ2) is 7.97. The fourth-order valence-corrected chi connectivity index (χ4v) is 3.00. The molecule has 10 heteroatoms. The van der Waals surface area contributed by atoms with Gasteiger partial charge < -0.3 is 10.1 Å². The zero-order valence-electron chi connectivity index (χ0n) is 11.3. The Morgan fingerprint density at radius 3 is 2.68 bits per heavy atom. The number of methoxy groups -OCH3 is 1. The van der Waals surface area contributed by atoms with Crippen molar-refractivity contribution in [2.45, 2.75) is 4.34 Å². The van der Waals surface area contributed by atoms with Crippen molar-refractivity contribution in [3.63, 3.8) is 0 Å². The molecule has 0 fully saturated rings. The summed E-state index contributed by atoms with van der Waals surface area (Å²) in [5.74, 6) is -0.211. The highest BCUT2D eigenvalue weighted by molar-refractivity contribution is 8.01. The molecule has 2 aromatic rings. The third kappa shape index (κ3) is 5.17. The normalized spacial score (nSPS) is 10.1. The first-order valence-corrected chi connectivity index (χ1v) is 8.11. The molecular weight excluding hydrogens is 348 g/mol. The Kier molecular flexibility index (Phi) is 5.99. The Balaban J connectivity index is 1.85. The number of thioether (sulfide) groups is 1. The van der Waals surface area contributed by atoms with Crippen LogP contribution in [0.3, 0.4) is 0 Å². The summed E-state index contributed by atoms with van der Waals surface area (Å²) in [4.78, 5) is 22.8. The predicted molar refractivity (Wildman–Crippen MR) is 86.7 cm³/mol. The smallest absolute Gasteiger partial charge is 0.325 e. The molecule has 0 saturated carbocycles. The van der Waals surface area contributed by atoms with Crippen molar-refractivity contribution in [3.8, 4) is 0 Å². The van der Waals surface area contributed by atoms with Gasteiger partial charge >= 0.3 is 12.0 Å². The molecule has 1 aromatic heterocycles. The zero-order chi connectivity index (χ0) is 15.9. The van der Waals surface area contributed by atoms with Gasteiger partial charge in [-0.05, 0) is 24.3 Å². The zero-order valence-corrected chi connectivity index (χ0v) is 13.7. The van der Waals surface area contributed by atoms with E-state index >= 15 is 0 Å². The molecule has 0 saturated heterocycles. The van der Waals surface area contributed by atoms with Gasteiger partial charge in [0.15, 0.2) is 4.34 Å². The molecule has 2 N–H and O–H groups in total. The number of aromatic nitrogens is 2. The van der Waals surface area contributed by atoms with Crippen LogP contribution in [-0.4, -0.2) is 35.1 Å². The molecule has 1 aromatic carbocycles. The summed E-state index contributed by atoms with van der Waals surface area (Å²) in [6.07, 6.45) is 0. The van der Waals surface area contributed by atoms with E-state index in [1.807, 2.05) is 0 Å². The highest BCUT2D eigenvalue weighted by Crippen LogP contribution is 2.25. The molecule has 7 nitrogen and oxygen atoms in total. The van der Waals surface area contributed by atoms with E-state index in [1.165, 1.54) is 30.2 Å². The number of esters is 1. The van der Waals surface area contributed by atoms with E-state index in [9.17, 15) is 9.59 Å². The van der Waals surface area contributed by atoms with Gasteiger partial charge in [0, 0.05) is 10.7 Å². The standard InChI is InChI=1S/C12H11ClN4O3S2/c1-20-9(18)6-21-12-17-16-11(22-12)15-10(19)14-8-4-2-7(13)3-5-8/h2-5H,6H2,1H3,(H2,14,15,16,19). The first-order chi connectivity index (χ1) is 10.6. The number of benzene rings is 1. The van der Waals surface area contributed by atoms with E-state index in [0.717, 1.165) is 0 Å².